The maximum Gasteiger partial charge on any atom is 0.325 e. The Morgan fingerprint density at radius 2 is 2.06 bits per heavy atom. The fourth-order valence-electron chi connectivity index (χ4n) is 4.51. The molecule has 0 spiro atoms. The summed E-state index contributed by atoms with van der Waals surface area (Å²) in [5.41, 5.74) is 3.08. The highest BCUT2D eigenvalue weighted by Crippen LogP contribution is 2.28. The highest BCUT2D eigenvalue weighted by molar-refractivity contribution is 5.80. The third kappa shape index (κ3) is 5.22. The fraction of sp³-hybridized carbons (Fsp3) is 0.458. The minimum atomic E-state index is -0.876. The van der Waals surface area contributed by atoms with Crippen molar-refractivity contribution in [2.45, 2.75) is 38.1 Å². The lowest BCUT2D eigenvalue weighted by atomic mass is 10.1. The van der Waals surface area contributed by atoms with E-state index in [1.54, 1.807) is 0 Å². The third-order valence-electron chi connectivity index (χ3n) is 6.17. The second-order valence-electron chi connectivity index (χ2n) is 8.37. The lowest BCUT2D eigenvalue weighted by Crippen LogP contribution is -2.36. The maximum absolute atomic E-state index is 12.6. The van der Waals surface area contributed by atoms with E-state index in [1.807, 2.05) is 35.2 Å². The van der Waals surface area contributed by atoms with Crippen molar-refractivity contribution in [3.05, 3.63) is 59.3 Å². The first-order chi connectivity index (χ1) is 15.1. The average Bonchev–Trinajstić information content (AvgIpc) is 3.27. The van der Waals surface area contributed by atoms with Crippen LogP contribution in [0.15, 0.2) is 42.5 Å². The zero-order valence-electron chi connectivity index (χ0n) is 17.7. The number of carboxylic acid groups (broad SMARTS) is 1. The molecule has 31 heavy (non-hydrogen) atoms. The van der Waals surface area contributed by atoms with E-state index in [4.69, 9.17) is 4.98 Å². The summed E-state index contributed by atoms with van der Waals surface area (Å²) in [5, 5.41) is 16.1. The number of aromatic nitrogens is 1. The van der Waals surface area contributed by atoms with Crippen LogP contribution in [0.2, 0.25) is 0 Å². The van der Waals surface area contributed by atoms with Gasteiger partial charge in [-0.1, -0.05) is 36.4 Å². The molecular weight excluding hydrogens is 392 g/mol. The fourth-order valence-corrected chi connectivity index (χ4v) is 4.51. The molecular formula is C24H30N4O3. The number of aryl methyl sites for hydroxylation is 2. The number of rotatable bonds is 8. The Morgan fingerprint density at radius 3 is 2.87 bits per heavy atom. The lowest BCUT2D eigenvalue weighted by molar-refractivity contribution is -0.143. The molecule has 7 nitrogen and oxygen atoms in total. The highest BCUT2D eigenvalue weighted by Gasteiger charge is 2.36. The van der Waals surface area contributed by atoms with Crippen LogP contribution in [0, 0.1) is 5.92 Å². The van der Waals surface area contributed by atoms with E-state index in [0.717, 1.165) is 49.3 Å². The number of nitrogens with zero attached hydrogens (tertiary/aromatic N) is 2. The Morgan fingerprint density at radius 1 is 1.23 bits per heavy atom. The summed E-state index contributed by atoms with van der Waals surface area (Å²) in [6, 6.07) is 12.8. The van der Waals surface area contributed by atoms with E-state index in [9.17, 15) is 14.7 Å². The predicted octanol–water partition coefficient (Wildman–Crippen LogP) is 2.64. The number of carbonyl (C=O) groups is 2. The molecule has 164 valence electrons. The van der Waals surface area contributed by atoms with Crippen molar-refractivity contribution in [2.75, 3.05) is 31.5 Å². The van der Waals surface area contributed by atoms with E-state index in [1.165, 1.54) is 5.56 Å². The molecule has 3 N–H and O–H groups in total. The molecule has 7 heteroatoms. The largest absolute Gasteiger partial charge is 0.480 e. The SMILES string of the molecule is O=C(NCCCc1ccc2c(n1)NCCC2)[C@@H]1CCN([C@H](C(=O)O)c2ccccc2)C1. The van der Waals surface area contributed by atoms with Gasteiger partial charge in [-0.15, -0.1) is 0 Å². The van der Waals surface area contributed by atoms with Crippen LogP contribution in [0.1, 0.15) is 42.1 Å². The number of aliphatic carboxylic acids is 1. The minimum Gasteiger partial charge on any atom is -0.480 e. The number of likely N-dealkylation sites (tertiary alicyclic amines) is 1. The number of fused-ring (bicyclic) bond motifs is 1. The van der Waals surface area contributed by atoms with Crippen molar-refractivity contribution in [3.8, 4) is 0 Å². The van der Waals surface area contributed by atoms with Crippen LogP contribution in [0.25, 0.3) is 0 Å². The highest BCUT2D eigenvalue weighted by atomic mass is 16.4. The van der Waals surface area contributed by atoms with Gasteiger partial charge in [0.05, 0.1) is 5.92 Å². The van der Waals surface area contributed by atoms with Gasteiger partial charge in [0, 0.05) is 31.9 Å². The molecule has 2 aliphatic heterocycles. The zero-order valence-corrected chi connectivity index (χ0v) is 17.7. The molecule has 4 rings (SSSR count). The first kappa shape index (κ1) is 21.3. The standard InChI is InChI=1S/C24H30N4O3/c29-23(26-14-5-9-20-11-10-18-8-4-13-25-22(18)27-20)19-12-15-28(16-19)21(24(30)31)17-6-2-1-3-7-17/h1-3,6-7,10-11,19,21H,4-5,8-9,12-16H2,(H,25,27)(H,26,29)(H,30,31)/t19-,21+/m1/s1. The number of hydrogen-bond donors (Lipinski definition) is 3. The number of nitrogens with one attached hydrogen (secondary N) is 2. The van der Waals surface area contributed by atoms with Crippen LogP contribution in [-0.4, -0.2) is 53.0 Å². The number of pyridine rings is 1. The first-order valence-corrected chi connectivity index (χ1v) is 11.1. The molecule has 1 aromatic heterocycles. The van der Waals surface area contributed by atoms with Crippen LogP contribution >= 0.6 is 0 Å². The summed E-state index contributed by atoms with van der Waals surface area (Å²) in [4.78, 5) is 31.0. The maximum atomic E-state index is 12.6. The van der Waals surface area contributed by atoms with Gasteiger partial charge >= 0.3 is 5.97 Å². The van der Waals surface area contributed by atoms with Crippen LogP contribution in [0.3, 0.4) is 0 Å². The van der Waals surface area contributed by atoms with Gasteiger partial charge < -0.3 is 15.7 Å². The first-order valence-electron chi connectivity index (χ1n) is 11.1. The summed E-state index contributed by atoms with van der Waals surface area (Å²) in [7, 11) is 0. The molecule has 3 heterocycles. The van der Waals surface area contributed by atoms with Gasteiger partial charge in [0.2, 0.25) is 5.91 Å². The van der Waals surface area contributed by atoms with Crippen LogP contribution < -0.4 is 10.6 Å². The molecule has 1 saturated heterocycles. The summed E-state index contributed by atoms with van der Waals surface area (Å²) in [5.74, 6) is -0.0269. The summed E-state index contributed by atoms with van der Waals surface area (Å²) >= 11 is 0. The Balaban J connectivity index is 1.24. The second-order valence-corrected chi connectivity index (χ2v) is 8.37. The van der Waals surface area contributed by atoms with Gasteiger partial charge in [-0.2, -0.15) is 0 Å². The topological polar surface area (TPSA) is 94.6 Å². The van der Waals surface area contributed by atoms with E-state index in [-0.39, 0.29) is 11.8 Å². The van der Waals surface area contributed by atoms with Gasteiger partial charge in [0.25, 0.3) is 0 Å². The van der Waals surface area contributed by atoms with Crippen molar-refractivity contribution in [3.63, 3.8) is 0 Å². The summed E-state index contributed by atoms with van der Waals surface area (Å²) in [6.07, 6.45) is 4.56. The molecule has 1 fully saturated rings. The van der Waals surface area contributed by atoms with Crippen molar-refractivity contribution in [2.24, 2.45) is 5.92 Å². The van der Waals surface area contributed by atoms with Crippen LogP contribution in [0.5, 0.6) is 0 Å². The van der Waals surface area contributed by atoms with Gasteiger partial charge in [-0.05, 0) is 49.3 Å². The van der Waals surface area contributed by atoms with Gasteiger partial charge in [-0.25, -0.2) is 4.98 Å². The zero-order chi connectivity index (χ0) is 21.6. The third-order valence-corrected chi connectivity index (χ3v) is 6.17. The Bertz CT molecular complexity index is 918. The van der Waals surface area contributed by atoms with E-state index in [2.05, 4.69) is 22.8 Å². The molecule has 1 amide bonds. The number of anilines is 1. The number of amides is 1. The summed E-state index contributed by atoms with van der Waals surface area (Å²) < 4.78 is 0. The molecule has 2 aromatic rings. The molecule has 0 saturated carbocycles. The molecule has 2 atom stereocenters. The average molecular weight is 423 g/mol. The molecule has 0 radical (unpaired) electrons. The van der Waals surface area contributed by atoms with Crippen LogP contribution in [0.4, 0.5) is 5.82 Å². The van der Waals surface area contributed by atoms with Crippen molar-refractivity contribution in [1.29, 1.82) is 0 Å². The van der Waals surface area contributed by atoms with E-state index >= 15 is 0 Å². The molecule has 1 aromatic carbocycles. The number of benzene rings is 1. The van der Waals surface area contributed by atoms with E-state index in [0.29, 0.717) is 26.1 Å². The van der Waals surface area contributed by atoms with E-state index < -0.39 is 12.0 Å². The number of hydrogen-bond acceptors (Lipinski definition) is 5. The number of carboxylic acids is 1. The van der Waals surface area contributed by atoms with Crippen LogP contribution in [-0.2, 0) is 22.4 Å². The second kappa shape index (κ2) is 9.92. The van der Waals surface area contributed by atoms with Crippen molar-refractivity contribution >= 4 is 17.7 Å². The molecule has 0 aliphatic carbocycles. The normalized spacial score (nSPS) is 19.3. The number of carbonyl (C=O) groups excluding carboxylic acids is 1. The predicted molar refractivity (Wildman–Crippen MR) is 119 cm³/mol. The van der Waals surface area contributed by atoms with Gasteiger partial charge in [0.1, 0.15) is 11.9 Å². The Kier molecular flexibility index (Phi) is 6.82. The van der Waals surface area contributed by atoms with Crippen molar-refractivity contribution in [1.82, 2.24) is 15.2 Å². The van der Waals surface area contributed by atoms with Crippen molar-refractivity contribution < 1.29 is 14.7 Å². The van der Waals surface area contributed by atoms with Gasteiger partial charge in [-0.3, -0.25) is 14.5 Å². The molecule has 0 bridgehead atoms. The van der Waals surface area contributed by atoms with Gasteiger partial charge in [0.15, 0.2) is 0 Å². The Labute approximate surface area is 182 Å². The lowest BCUT2D eigenvalue weighted by Gasteiger charge is -2.24. The molecule has 0 unspecified atom stereocenters. The quantitative estimate of drug-likeness (QED) is 0.566. The summed E-state index contributed by atoms with van der Waals surface area (Å²) in [6.45, 7) is 2.65. The Hall–Kier alpha value is -2.93. The minimum absolute atomic E-state index is 0.0137. The molecule has 2 aliphatic rings. The monoisotopic (exact) mass is 422 g/mol. The smallest absolute Gasteiger partial charge is 0.325 e.